The molecule has 0 saturated carbocycles. The number of nitrogens with zero attached hydrogens (tertiary/aromatic N) is 3. The van der Waals surface area contributed by atoms with Crippen LogP contribution in [0.4, 0.5) is 11.4 Å². The molecule has 3 aromatic carbocycles. The van der Waals surface area contributed by atoms with E-state index in [0.717, 1.165) is 5.56 Å². The van der Waals surface area contributed by atoms with E-state index < -0.39 is 9.85 Å². The summed E-state index contributed by atoms with van der Waals surface area (Å²) in [5.41, 5.74) is 1.96. The quantitative estimate of drug-likeness (QED) is 0.234. The van der Waals surface area contributed by atoms with E-state index in [1.165, 1.54) is 30.3 Å². The van der Waals surface area contributed by atoms with Crippen molar-refractivity contribution in [2.24, 2.45) is 0 Å². The summed E-state index contributed by atoms with van der Waals surface area (Å²) in [5, 5.41) is 31.3. The highest BCUT2D eigenvalue weighted by Gasteiger charge is 2.11. The summed E-state index contributed by atoms with van der Waals surface area (Å²) in [6, 6.07) is 21.0. The van der Waals surface area contributed by atoms with Crippen molar-refractivity contribution in [1.82, 2.24) is 0 Å². The molecule has 3 aromatic rings. The zero-order valence-electron chi connectivity index (χ0n) is 15.6. The first-order chi connectivity index (χ1) is 14.5. The normalized spacial score (nSPS) is 10.8. The van der Waals surface area contributed by atoms with Crippen LogP contribution in [-0.2, 0) is 6.61 Å². The first-order valence-electron chi connectivity index (χ1n) is 8.79. The highest BCUT2D eigenvalue weighted by molar-refractivity contribution is 5.91. The number of hydrogen-bond donors (Lipinski definition) is 0. The molecule has 148 valence electrons. The molecule has 8 heteroatoms. The summed E-state index contributed by atoms with van der Waals surface area (Å²) in [7, 11) is 0. The second kappa shape index (κ2) is 9.12. The second-order valence-corrected chi connectivity index (χ2v) is 6.23. The van der Waals surface area contributed by atoms with Crippen LogP contribution in [0, 0.1) is 31.6 Å². The van der Waals surface area contributed by atoms with Crippen molar-refractivity contribution in [3.63, 3.8) is 0 Å². The van der Waals surface area contributed by atoms with Crippen LogP contribution in [0.5, 0.6) is 5.75 Å². The molecule has 0 bridgehead atoms. The predicted octanol–water partition coefficient (Wildman–Crippen LogP) is 5.15. The van der Waals surface area contributed by atoms with Crippen molar-refractivity contribution in [2.45, 2.75) is 6.61 Å². The topological polar surface area (TPSA) is 119 Å². The van der Waals surface area contributed by atoms with Crippen LogP contribution in [0.15, 0.2) is 72.8 Å². The van der Waals surface area contributed by atoms with Gasteiger partial charge in [0.15, 0.2) is 0 Å². The monoisotopic (exact) mass is 401 g/mol. The van der Waals surface area contributed by atoms with Crippen molar-refractivity contribution >= 4 is 23.0 Å². The third-order valence-electron chi connectivity index (χ3n) is 4.25. The van der Waals surface area contributed by atoms with Gasteiger partial charge in [0.25, 0.3) is 11.4 Å². The maximum atomic E-state index is 11.0. The molecule has 0 aliphatic rings. The van der Waals surface area contributed by atoms with Gasteiger partial charge in [-0.25, -0.2) is 0 Å². The summed E-state index contributed by atoms with van der Waals surface area (Å²) in [6.45, 7) is 0.182. The number of nitro groups is 2. The van der Waals surface area contributed by atoms with Gasteiger partial charge in [-0.1, -0.05) is 30.3 Å². The van der Waals surface area contributed by atoms with Gasteiger partial charge in [-0.05, 0) is 35.4 Å². The molecule has 30 heavy (non-hydrogen) atoms. The van der Waals surface area contributed by atoms with Gasteiger partial charge in [0.1, 0.15) is 12.4 Å². The van der Waals surface area contributed by atoms with E-state index in [4.69, 9.17) is 4.74 Å². The van der Waals surface area contributed by atoms with Crippen molar-refractivity contribution in [3.8, 4) is 11.8 Å². The molecule has 0 aliphatic carbocycles. The van der Waals surface area contributed by atoms with Crippen LogP contribution >= 0.6 is 0 Å². The van der Waals surface area contributed by atoms with Gasteiger partial charge in [-0.2, -0.15) is 5.26 Å². The van der Waals surface area contributed by atoms with E-state index in [9.17, 15) is 25.5 Å². The minimum Gasteiger partial charge on any atom is -0.488 e. The minimum atomic E-state index is -0.514. The molecule has 0 saturated heterocycles. The lowest BCUT2D eigenvalue weighted by molar-refractivity contribution is -0.385. The van der Waals surface area contributed by atoms with Crippen molar-refractivity contribution < 1.29 is 14.6 Å². The van der Waals surface area contributed by atoms with Crippen molar-refractivity contribution in [1.29, 1.82) is 5.26 Å². The predicted molar refractivity (Wildman–Crippen MR) is 110 cm³/mol. The highest BCUT2D eigenvalue weighted by Crippen LogP contribution is 2.27. The maximum Gasteiger partial charge on any atom is 0.270 e. The summed E-state index contributed by atoms with van der Waals surface area (Å²) in [5.74, 6) is 0.508. The van der Waals surface area contributed by atoms with Crippen LogP contribution in [0.2, 0.25) is 0 Å². The van der Waals surface area contributed by atoms with Crippen molar-refractivity contribution in [3.05, 3.63) is 110 Å². The van der Waals surface area contributed by atoms with E-state index in [2.05, 4.69) is 6.07 Å². The summed E-state index contributed by atoms with van der Waals surface area (Å²) < 4.78 is 5.83. The number of hydrogen-bond acceptors (Lipinski definition) is 6. The smallest absolute Gasteiger partial charge is 0.270 e. The molecule has 0 heterocycles. The van der Waals surface area contributed by atoms with Crippen LogP contribution in [0.25, 0.3) is 11.6 Å². The molecule has 0 radical (unpaired) electrons. The van der Waals surface area contributed by atoms with Crippen LogP contribution in [0.3, 0.4) is 0 Å². The number of nitriles is 1. The number of rotatable bonds is 7. The molecular weight excluding hydrogens is 386 g/mol. The fourth-order valence-corrected chi connectivity index (χ4v) is 2.73. The van der Waals surface area contributed by atoms with E-state index in [-0.39, 0.29) is 23.6 Å². The largest absolute Gasteiger partial charge is 0.488 e. The number of allylic oxidation sites excluding steroid dienone is 1. The number of benzene rings is 3. The zero-order valence-corrected chi connectivity index (χ0v) is 15.6. The first kappa shape index (κ1) is 20.2. The Hall–Kier alpha value is -4.51. The summed E-state index contributed by atoms with van der Waals surface area (Å²) in [6.07, 6.45) is 1.60. The molecule has 0 aliphatic heterocycles. The molecule has 0 unspecified atom stereocenters. The lowest BCUT2D eigenvalue weighted by Gasteiger charge is -2.10. The Labute approximate surface area is 171 Å². The number of non-ortho nitro benzene ring substituents is 2. The van der Waals surface area contributed by atoms with Crippen molar-refractivity contribution in [2.75, 3.05) is 0 Å². The lowest BCUT2D eigenvalue weighted by atomic mass is 10.0. The average molecular weight is 401 g/mol. The number of nitro benzene ring substituents is 2. The van der Waals surface area contributed by atoms with Gasteiger partial charge in [0, 0.05) is 29.8 Å². The van der Waals surface area contributed by atoms with Gasteiger partial charge < -0.3 is 4.74 Å². The molecule has 0 aromatic heterocycles. The third-order valence-corrected chi connectivity index (χ3v) is 4.25. The Kier molecular flexibility index (Phi) is 6.15. The average Bonchev–Trinajstić information content (AvgIpc) is 2.77. The summed E-state index contributed by atoms with van der Waals surface area (Å²) in [4.78, 5) is 20.8. The van der Waals surface area contributed by atoms with E-state index in [1.54, 1.807) is 48.5 Å². The van der Waals surface area contributed by atoms with Crippen LogP contribution < -0.4 is 4.74 Å². The molecule has 0 spiro atoms. The SMILES string of the molecule is N#C/C(=C/c1ccccc1OCc1ccc([N+](=O)[O-])cc1)c1cccc([N+](=O)[O-])c1. The third kappa shape index (κ3) is 4.85. The Morgan fingerprint density at radius 2 is 1.63 bits per heavy atom. The standard InChI is InChI=1S/C22H15N3O5/c23-14-19(17-5-3-6-21(13-17)25(28)29)12-18-4-1-2-7-22(18)30-15-16-8-10-20(11-9-16)24(26)27/h1-13H,15H2/b19-12-. The first-order valence-corrected chi connectivity index (χ1v) is 8.79. The zero-order chi connectivity index (χ0) is 21.5. The number of ether oxygens (including phenoxy) is 1. The molecule has 3 rings (SSSR count). The Balaban J connectivity index is 1.85. The number of para-hydroxylation sites is 1. The molecule has 0 atom stereocenters. The molecule has 0 N–H and O–H groups in total. The summed E-state index contributed by atoms with van der Waals surface area (Å²) >= 11 is 0. The van der Waals surface area contributed by atoms with E-state index in [0.29, 0.717) is 16.9 Å². The Bertz CT molecular complexity index is 1160. The second-order valence-electron chi connectivity index (χ2n) is 6.23. The molecule has 0 fully saturated rings. The van der Waals surface area contributed by atoms with Gasteiger partial charge >= 0.3 is 0 Å². The van der Waals surface area contributed by atoms with E-state index >= 15 is 0 Å². The van der Waals surface area contributed by atoms with Crippen LogP contribution in [0.1, 0.15) is 16.7 Å². The fourth-order valence-electron chi connectivity index (χ4n) is 2.73. The maximum absolute atomic E-state index is 11.0. The lowest BCUT2D eigenvalue weighted by Crippen LogP contribution is -1.97. The molecule has 0 amide bonds. The van der Waals surface area contributed by atoms with Crippen LogP contribution in [-0.4, -0.2) is 9.85 Å². The van der Waals surface area contributed by atoms with Gasteiger partial charge in [0.05, 0.1) is 21.5 Å². The minimum absolute atomic E-state index is 0.00213. The van der Waals surface area contributed by atoms with Gasteiger partial charge in [-0.3, -0.25) is 20.2 Å². The fraction of sp³-hybridized carbons (Fsp3) is 0.0455. The Morgan fingerprint density at radius 3 is 2.30 bits per heavy atom. The molecular formula is C22H15N3O5. The highest BCUT2D eigenvalue weighted by atomic mass is 16.6. The Morgan fingerprint density at radius 1 is 0.933 bits per heavy atom. The van der Waals surface area contributed by atoms with Gasteiger partial charge in [-0.15, -0.1) is 0 Å². The van der Waals surface area contributed by atoms with E-state index in [1.807, 2.05) is 0 Å². The van der Waals surface area contributed by atoms with Gasteiger partial charge in [0.2, 0.25) is 0 Å². The molecule has 8 nitrogen and oxygen atoms in total.